The molecule has 0 saturated carbocycles. The van der Waals surface area contributed by atoms with E-state index in [1.54, 1.807) is 54.6 Å². The number of amides is 1. The average molecular weight is 398 g/mol. The minimum Gasteiger partial charge on any atom is -0.330 e. The summed E-state index contributed by atoms with van der Waals surface area (Å²) in [4.78, 5) is 28.0. The van der Waals surface area contributed by atoms with Gasteiger partial charge in [-0.3, -0.25) is 20.1 Å². The van der Waals surface area contributed by atoms with Gasteiger partial charge in [-0.2, -0.15) is 9.77 Å². The van der Waals surface area contributed by atoms with Crippen LogP contribution in [0, 0.1) is 4.77 Å². The number of H-pyrrole nitrogens is 2. The first-order valence-electron chi connectivity index (χ1n) is 7.90. The Morgan fingerprint density at radius 2 is 1.89 bits per heavy atom. The fourth-order valence-electron chi connectivity index (χ4n) is 2.63. The van der Waals surface area contributed by atoms with E-state index >= 15 is 0 Å². The van der Waals surface area contributed by atoms with Crippen LogP contribution in [0.5, 0.6) is 0 Å². The van der Waals surface area contributed by atoms with Crippen LogP contribution in [0.1, 0.15) is 10.5 Å². The van der Waals surface area contributed by atoms with Crippen LogP contribution in [0.4, 0.5) is 0 Å². The molecular weight excluding hydrogens is 386 g/mol. The Labute approximate surface area is 162 Å². The van der Waals surface area contributed by atoms with E-state index in [-0.39, 0.29) is 10.5 Å². The maximum absolute atomic E-state index is 12.6. The summed E-state index contributed by atoms with van der Waals surface area (Å²) in [5.74, 6) is -0.542. The highest BCUT2D eigenvalue weighted by atomic mass is 35.5. The van der Waals surface area contributed by atoms with Crippen LogP contribution in [0.15, 0.2) is 59.4 Å². The highest BCUT2D eigenvalue weighted by Crippen LogP contribution is 2.20. The summed E-state index contributed by atoms with van der Waals surface area (Å²) in [5.41, 5.74) is 4.25. The molecule has 7 nitrogen and oxygen atoms in total. The van der Waals surface area contributed by atoms with Crippen molar-refractivity contribution >= 4 is 40.6 Å². The number of nitrogens with zero attached hydrogens (tertiary/aromatic N) is 2. The molecule has 0 saturated heterocycles. The Kier molecular flexibility index (Phi) is 4.35. The van der Waals surface area contributed by atoms with Gasteiger partial charge < -0.3 is 4.98 Å². The predicted molar refractivity (Wildman–Crippen MR) is 106 cm³/mol. The number of halogens is 1. The number of aromatic amines is 2. The first-order chi connectivity index (χ1) is 13.0. The van der Waals surface area contributed by atoms with Gasteiger partial charge in [0.05, 0.1) is 16.6 Å². The quantitative estimate of drug-likeness (QED) is 0.461. The summed E-state index contributed by atoms with van der Waals surface area (Å²) in [6, 6.07) is 15.6. The van der Waals surface area contributed by atoms with Gasteiger partial charge in [0.15, 0.2) is 4.77 Å². The number of rotatable bonds is 3. The Bertz CT molecular complexity index is 1270. The summed E-state index contributed by atoms with van der Waals surface area (Å²) in [6.45, 7) is 0. The van der Waals surface area contributed by atoms with E-state index in [0.717, 1.165) is 10.2 Å². The number of benzene rings is 2. The Morgan fingerprint density at radius 3 is 2.67 bits per heavy atom. The third-order valence-electron chi connectivity index (χ3n) is 3.98. The number of hydrogen-bond donors (Lipinski definition) is 3. The van der Waals surface area contributed by atoms with E-state index < -0.39 is 11.5 Å². The fraction of sp³-hybridized carbons (Fsp3) is 0. The topological polar surface area (TPSA) is 95.6 Å². The molecule has 0 aliphatic rings. The standard InChI is InChI=1S/C18H12ClN5O2S/c19-11-7-5-10(6-8-11)14-9-15(22-21-14)16(25)23-24-17(26)12-3-1-2-4-13(12)20-18(24)27/h1-9H,(H,20,27)(H,21,22)(H,23,25). The maximum Gasteiger partial charge on any atom is 0.288 e. The molecule has 3 N–H and O–H groups in total. The lowest BCUT2D eigenvalue weighted by molar-refractivity contribution is 0.100. The molecule has 4 rings (SSSR count). The van der Waals surface area contributed by atoms with Gasteiger partial charge in [0.1, 0.15) is 5.69 Å². The molecule has 27 heavy (non-hydrogen) atoms. The fourth-order valence-corrected chi connectivity index (χ4v) is 3.00. The van der Waals surface area contributed by atoms with E-state index in [4.69, 9.17) is 23.8 Å². The second kappa shape index (κ2) is 6.82. The van der Waals surface area contributed by atoms with Crippen molar-refractivity contribution in [3.05, 3.63) is 80.4 Å². The number of carbonyl (C=O) groups is 1. The molecule has 4 aromatic rings. The number of carbonyl (C=O) groups excluding carboxylic acids is 1. The monoisotopic (exact) mass is 397 g/mol. The van der Waals surface area contributed by atoms with Gasteiger partial charge in [-0.25, -0.2) is 0 Å². The van der Waals surface area contributed by atoms with Crippen LogP contribution in [0.2, 0.25) is 5.02 Å². The smallest absolute Gasteiger partial charge is 0.288 e. The third kappa shape index (κ3) is 3.27. The largest absolute Gasteiger partial charge is 0.330 e. The van der Waals surface area contributed by atoms with Crippen molar-refractivity contribution < 1.29 is 4.79 Å². The summed E-state index contributed by atoms with van der Waals surface area (Å²) < 4.78 is 1.09. The van der Waals surface area contributed by atoms with E-state index in [9.17, 15) is 9.59 Å². The normalized spacial score (nSPS) is 10.9. The van der Waals surface area contributed by atoms with Crippen molar-refractivity contribution in [3.63, 3.8) is 0 Å². The highest BCUT2D eigenvalue weighted by molar-refractivity contribution is 7.71. The van der Waals surface area contributed by atoms with Crippen molar-refractivity contribution in [2.75, 3.05) is 5.43 Å². The molecule has 0 bridgehead atoms. The van der Waals surface area contributed by atoms with Crippen LogP contribution >= 0.6 is 23.8 Å². The first-order valence-corrected chi connectivity index (χ1v) is 8.68. The summed E-state index contributed by atoms with van der Waals surface area (Å²) in [5, 5.41) is 7.81. The number of hydrogen-bond acceptors (Lipinski definition) is 4. The molecular formula is C18H12ClN5O2S. The Hall–Kier alpha value is -3.23. The van der Waals surface area contributed by atoms with Crippen LogP contribution in [0.25, 0.3) is 22.2 Å². The minimum atomic E-state index is -0.542. The van der Waals surface area contributed by atoms with Gasteiger partial charge in [-0.1, -0.05) is 35.9 Å². The van der Waals surface area contributed by atoms with Crippen molar-refractivity contribution in [1.82, 2.24) is 19.9 Å². The molecule has 2 aromatic carbocycles. The molecule has 0 atom stereocenters. The van der Waals surface area contributed by atoms with Gasteiger partial charge in [-0.05, 0) is 42.5 Å². The molecule has 1 amide bonds. The molecule has 0 fully saturated rings. The highest BCUT2D eigenvalue weighted by Gasteiger charge is 2.14. The van der Waals surface area contributed by atoms with Gasteiger partial charge in [0.2, 0.25) is 0 Å². The third-order valence-corrected chi connectivity index (χ3v) is 4.52. The molecule has 0 aliphatic carbocycles. The second-order valence-electron chi connectivity index (χ2n) is 5.73. The summed E-state index contributed by atoms with van der Waals surface area (Å²) in [7, 11) is 0. The zero-order valence-corrected chi connectivity index (χ0v) is 15.3. The van der Waals surface area contributed by atoms with Crippen molar-refractivity contribution in [1.29, 1.82) is 0 Å². The van der Waals surface area contributed by atoms with Gasteiger partial charge >= 0.3 is 0 Å². The maximum atomic E-state index is 12.6. The molecule has 0 unspecified atom stereocenters. The van der Waals surface area contributed by atoms with Crippen LogP contribution in [-0.2, 0) is 0 Å². The first kappa shape index (κ1) is 17.2. The van der Waals surface area contributed by atoms with E-state index in [2.05, 4.69) is 20.6 Å². The number of para-hydroxylation sites is 1. The Balaban J connectivity index is 1.65. The predicted octanol–water partition coefficient (Wildman–Crippen LogP) is 3.49. The molecule has 2 heterocycles. The lowest BCUT2D eigenvalue weighted by Crippen LogP contribution is -2.34. The Morgan fingerprint density at radius 1 is 1.15 bits per heavy atom. The van der Waals surface area contributed by atoms with Crippen molar-refractivity contribution in [3.8, 4) is 11.3 Å². The summed E-state index contributed by atoms with van der Waals surface area (Å²) in [6.07, 6.45) is 0. The minimum absolute atomic E-state index is 0.0875. The van der Waals surface area contributed by atoms with E-state index in [1.165, 1.54) is 0 Å². The molecule has 0 spiro atoms. The number of nitrogens with one attached hydrogen (secondary N) is 3. The van der Waals surface area contributed by atoms with Crippen molar-refractivity contribution in [2.45, 2.75) is 0 Å². The lowest BCUT2D eigenvalue weighted by atomic mass is 10.1. The van der Waals surface area contributed by atoms with Crippen LogP contribution < -0.4 is 11.0 Å². The number of aromatic nitrogens is 4. The average Bonchev–Trinajstić information content (AvgIpc) is 3.16. The zero-order chi connectivity index (χ0) is 19.0. The van der Waals surface area contributed by atoms with E-state index in [0.29, 0.717) is 21.6 Å². The van der Waals surface area contributed by atoms with Crippen LogP contribution in [0.3, 0.4) is 0 Å². The molecule has 0 aliphatic heterocycles. The molecule has 2 aromatic heterocycles. The lowest BCUT2D eigenvalue weighted by Gasteiger charge is -2.08. The molecule has 0 radical (unpaired) electrons. The molecule has 134 valence electrons. The SMILES string of the molecule is O=C(Nn1c(=S)[nH]c2ccccc2c1=O)c1cc(-c2ccc(Cl)cc2)n[nH]1. The summed E-state index contributed by atoms with van der Waals surface area (Å²) >= 11 is 11.1. The van der Waals surface area contributed by atoms with Crippen LogP contribution in [-0.4, -0.2) is 25.8 Å². The van der Waals surface area contributed by atoms with Crippen molar-refractivity contribution in [2.24, 2.45) is 0 Å². The molecule has 9 heteroatoms. The van der Waals surface area contributed by atoms with Gasteiger partial charge in [-0.15, -0.1) is 0 Å². The second-order valence-corrected chi connectivity index (χ2v) is 6.55. The number of fused-ring (bicyclic) bond motifs is 1. The zero-order valence-electron chi connectivity index (χ0n) is 13.7. The van der Waals surface area contributed by atoms with Gasteiger partial charge in [0.25, 0.3) is 11.5 Å². The van der Waals surface area contributed by atoms with Gasteiger partial charge in [0, 0.05) is 10.6 Å². The van der Waals surface area contributed by atoms with E-state index in [1.807, 2.05) is 0 Å².